The van der Waals surface area contributed by atoms with Gasteiger partial charge in [-0.15, -0.1) is 0 Å². The molecule has 7 nitrogen and oxygen atoms in total. The molecule has 32 heavy (non-hydrogen) atoms. The Morgan fingerprint density at radius 2 is 1.31 bits per heavy atom. The molecule has 0 N–H and O–H groups in total. The number of ether oxygens (including phenoxy) is 6. The van der Waals surface area contributed by atoms with E-state index in [4.69, 9.17) is 28.4 Å². The van der Waals surface area contributed by atoms with Gasteiger partial charge in [0.05, 0.1) is 12.2 Å². The Labute approximate surface area is 193 Å². The van der Waals surface area contributed by atoms with Crippen molar-refractivity contribution in [1.29, 1.82) is 0 Å². The highest BCUT2D eigenvalue weighted by Crippen LogP contribution is 2.15. The van der Waals surface area contributed by atoms with Gasteiger partial charge in [-0.3, -0.25) is 0 Å². The Balaban J connectivity index is 2.28. The van der Waals surface area contributed by atoms with Gasteiger partial charge in [-0.1, -0.05) is 51.3 Å². The zero-order valence-corrected chi connectivity index (χ0v) is 20.7. The van der Waals surface area contributed by atoms with Crippen LogP contribution in [0.1, 0.15) is 84.5 Å². The molecule has 0 aliphatic rings. The monoisotopic (exact) mass is 454 g/mol. The molecule has 1 rings (SSSR count). The number of benzene rings is 1. The topological polar surface area (TPSA) is 72.5 Å². The first-order valence-corrected chi connectivity index (χ1v) is 11.7. The normalized spacial score (nSPS) is 17.2. The number of rotatable bonds is 17. The minimum Gasteiger partial charge on any atom is -0.432 e. The number of carbonyl (C=O) groups excluding carboxylic acids is 1. The van der Waals surface area contributed by atoms with Crippen molar-refractivity contribution < 1.29 is 33.2 Å². The van der Waals surface area contributed by atoms with Gasteiger partial charge in [0.25, 0.3) is 0 Å². The zero-order chi connectivity index (χ0) is 23.9. The molecule has 6 unspecified atom stereocenters. The van der Waals surface area contributed by atoms with E-state index in [0.717, 1.165) is 6.42 Å². The quantitative estimate of drug-likeness (QED) is 0.215. The number of carbonyl (C=O) groups is 1. The van der Waals surface area contributed by atoms with Crippen molar-refractivity contribution in [2.24, 2.45) is 5.92 Å². The van der Waals surface area contributed by atoms with Crippen LogP contribution in [0.3, 0.4) is 0 Å². The summed E-state index contributed by atoms with van der Waals surface area (Å²) in [6, 6.07) is 8.75. The molecule has 0 heterocycles. The summed E-state index contributed by atoms with van der Waals surface area (Å²) < 4.78 is 33.8. The molecule has 0 bridgehead atoms. The number of unbranched alkanes of at least 4 members (excludes halogenated alkanes) is 1. The summed E-state index contributed by atoms with van der Waals surface area (Å²) in [4.78, 5) is 12.1. The van der Waals surface area contributed by atoms with Gasteiger partial charge < -0.3 is 28.4 Å². The van der Waals surface area contributed by atoms with Crippen molar-refractivity contribution in [3.63, 3.8) is 0 Å². The van der Waals surface area contributed by atoms with Crippen LogP contribution in [0.2, 0.25) is 0 Å². The lowest BCUT2D eigenvalue weighted by molar-refractivity contribution is -0.318. The van der Waals surface area contributed by atoms with E-state index in [1.807, 2.05) is 13.0 Å². The van der Waals surface area contributed by atoms with Crippen LogP contribution >= 0.6 is 0 Å². The van der Waals surface area contributed by atoms with E-state index in [1.165, 1.54) is 19.3 Å². The summed E-state index contributed by atoms with van der Waals surface area (Å²) in [5.41, 5.74) is 0.464. The highest BCUT2D eigenvalue weighted by molar-refractivity contribution is 5.89. The molecule has 0 saturated heterocycles. The van der Waals surface area contributed by atoms with E-state index in [9.17, 15) is 4.79 Å². The van der Waals surface area contributed by atoms with Gasteiger partial charge in [0.1, 0.15) is 0 Å². The molecule has 0 aliphatic carbocycles. The van der Waals surface area contributed by atoms with Gasteiger partial charge in [-0.05, 0) is 59.1 Å². The van der Waals surface area contributed by atoms with Gasteiger partial charge in [0.2, 0.25) is 6.29 Å². The molecule has 0 radical (unpaired) electrons. The third-order valence-corrected chi connectivity index (χ3v) is 4.93. The fraction of sp³-hybridized carbons (Fsp3) is 0.720. The molecule has 0 spiro atoms. The third kappa shape index (κ3) is 12.5. The molecule has 0 saturated carbocycles. The zero-order valence-electron chi connectivity index (χ0n) is 20.7. The van der Waals surface area contributed by atoms with E-state index >= 15 is 0 Å². The molecular weight excluding hydrogens is 412 g/mol. The van der Waals surface area contributed by atoms with E-state index in [2.05, 4.69) is 13.8 Å². The van der Waals surface area contributed by atoms with Crippen LogP contribution in [0.5, 0.6) is 0 Å². The summed E-state index contributed by atoms with van der Waals surface area (Å²) in [7, 11) is 0. The SMILES string of the molecule is CCCCC(CC)COC(C)OC(C)OC(C)OC(C)OC(C)OC(=O)c1ccccc1. The van der Waals surface area contributed by atoms with Crippen LogP contribution in [0.15, 0.2) is 30.3 Å². The van der Waals surface area contributed by atoms with E-state index in [-0.39, 0.29) is 6.29 Å². The molecular formula is C25H42O7. The third-order valence-electron chi connectivity index (χ3n) is 4.93. The summed E-state index contributed by atoms with van der Waals surface area (Å²) >= 11 is 0. The van der Waals surface area contributed by atoms with E-state index < -0.39 is 31.1 Å². The van der Waals surface area contributed by atoms with Crippen molar-refractivity contribution in [3.8, 4) is 0 Å². The summed E-state index contributed by atoms with van der Waals surface area (Å²) in [6.45, 7) is 13.8. The number of esters is 1. The van der Waals surface area contributed by atoms with Gasteiger partial charge in [-0.2, -0.15) is 0 Å². The van der Waals surface area contributed by atoms with Crippen molar-refractivity contribution in [2.75, 3.05) is 6.61 Å². The lowest BCUT2D eigenvalue weighted by Gasteiger charge is -2.26. The Bertz CT molecular complexity index is 610. The van der Waals surface area contributed by atoms with Crippen LogP contribution in [0, 0.1) is 5.92 Å². The minimum absolute atomic E-state index is 0.376. The van der Waals surface area contributed by atoms with Crippen molar-refractivity contribution in [3.05, 3.63) is 35.9 Å². The molecule has 6 atom stereocenters. The second kappa shape index (κ2) is 16.2. The first-order chi connectivity index (χ1) is 15.2. The maximum Gasteiger partial charge on any atom is 0.340 e. The first-order valence-electron chi connectivity index (χ1n) is 11.7. The maximum absolute atomic E-state index is 12.1. The fourth-order valence-electron chi connectivity index (χ4n) is 3.21. The molecule has 0 amide bonds. The van der Waals surface area contributed by atoms with Gasteiger partial charge in [0, 0.05) is 0 Å². The largest absolute Gasteiger partial charge is 0.432 e. The van der Waals surface area contributed by atoms with Gasteiger partial charge in [-0.25, -0.2) is 4.79 Å². The standard InChI is InChI=1S/C25H42O7/c1-8-10-14-23(9-2)17-27-18(3)28-19(4)29-20(5)30-21(6)31-22(7)32-25(26)24-15-12-11-13-16-24/h11-13,15-16,18-23H,8-10,14,17H2,1-7H3. The molecule has 184 valence electrons. The van der Waals surface area contributed by atoms with Crippen LogP contribution in [-0.2, 0) is 28.4 Å². The molecule has 1 aromatic rings. The number of hydrogen-bond acceptors (Lipinski definition) is 7. The van der Waals surface area contributed by atoms with Crippen LogP contribution in [0.25, 0.3) is 0 Å². The Morgan fingerprint density at radius 3 is 1.84 bits per heavy atom. The Hall–Kier alpha value is -1.51. The second-order valence-corrected chi connectivity index (χ2v) is 7.90. The minimum atomic E-state index is -0.772. The van der Waals surface area contributed by atoms with E-state index in [1.54, 1.807) is 52.0 Å². The van der Waals surface area contributed by atoms with Crippen molar-refractivity contribution >= 4 is 5.97 Å². The summed E-state index contributed by atoms with van der Waals surface area (Å²) in [5.74, 6) is 0.0982. The van der Waals surface area contributed by atoms with Crippen molar-refractivity contribution in [2.45, 2.75) is 106 Å². The molecule has 0 fully saturated rings. The highest BCUT2D eigenvalue weighted by Gasteiger charge is 2.19. The molecule has 0 aromatic heterocycles. The lowest BCUT2D eigenvalue weighted by atomic mass is 10.0. The smallest absolute Gasteiger partial charge is 0.340 e. The Kier molecular flexibility index (Phi) is 14.4. The molecule has 7 heteroatoms. The Morgan fingerprint density at radius 1 is 0.781 bits per heavy atom. The highest BCUT2D eigenvalue weighted by atomic mass is 16.8. The summed E-state index contributed by atoms with van der Waals surface area (Å²) in [6.07, 6.45) is 1.79. The lowest BCUT2D eigenvalue weighted by Crippen LogP contribution is -2.32. The number of hydrogen-bond donors (Lipinski definition) is 0. The van der Waals surface area contributed by atoms with Gasteiger partial charge in [0.15, 0.2) is 25.2 Å². The van der Waals surface area contributed by atoms with Crippen LogP contribution in [-0.4, -0.2) is 44.0 Å². The van der Waals surface area contributed by atoms with Crippen LogP contribution < -0.4 is 0 Å². The predicted octanol–water partition coefficient (Wildman–Crippen LogP) is 5.87. The van der Waals surface area contributed by atoms with E-state index in [0.29, 0.717) is 18.1 Å². The summed E-state index contributed by atoms with van der Waals surface area (Å²) in [5, 5.41) is 0. The average Bonchev–Trinajstić information content (AvgIpc) is 2.73. The average molecular weight is 455 g/mol. The molecule has 0 aliphatic heterocycles. The molecule has 1 aromatic carbocycles. The van der Waals surface area contributed by atoms with Gasteiger partial charge >= 0.3 is 5.97 Å². The van der Waals surface area contributed by atoms with Crippen LogP contribution in [0.4, 0.5) is 0 Å². The fourth-order valence-corrected chi connectivity index (χ4v) is 3.21. The predicted molar refractivity (Wildman–Crippen MR) is 123 cm³/mol. The second-order valence-electron chi connectivity index (χ2n) is 7.90. The first kappa shape index (κ1) is 28.5. The van der Waals surface area contributed by atoms with Crippen molar-refractivity contribution in [1.82, 2.24) is 0 Å². The maximum atomic E-state index is 12.1.